The van der Waals surface area contributed by atoms with Crippen molar-refractivity contribution in [1.82, 2.24) is 4.90 Å². The lowest BCUT2D eigenvalue weighted by atomic mass is 9.75. The quantitative estimate of drug-likeness (QED) is 0.922. The van der Waals surface area contributed by atoms with Gasteiger partial charge in [0.15, 0.2) is 0 Å². The van der Waals surface area contributed by atoms with Crippen LogP contribution >= 0.6 is 0 Å². The molecule has 1 aromatic rings. The van der Waals surface area contributed by atoms with E-state index in [4.69, 9.17) is 4.74 Å². The molecule has 0 bridgehead atoms. The Morgan fingerprint density at radius 1 is 1.22 bits per heavy atom. The second-order valence-corrected chi connectivity index (χ2v) is 7.61. The van der Waals surface area contributed by atoms with E-state index in [0.29, 0.717) is 13.1 Å². The Labute approximate surface area is 139 Å². The fourth-order valence-electron chi connectivity index (χ4n) is 3.03. The van der Waals surface area contributed by atoms with Gasteiger partial charge in [-0.2, -0.15) is 0 Å². The maximum Gasteiger partial charge on any atom is 0.410 e. The first-order chi connectivity index (χ1) is 10.8. The number of hydrogen-bond donors (Lipinski definition) is 1. The van der Waals surface area contributed by atoms with Crippen molar-refractivity contribution in [2.45, 2.75) is 52.1 Å². The molecular weight excluding hydrogens is 290 g/mol. The van der Waals surface area contributed by atoms with E-state index >= 15 is 0 Å². The molecule has 0 radical (unpaired) electrons. The third-order valence-corrected chi connectivity index (χ3v) is 4.60. The van der Waals surface area contributed by atoms with Crippen molar-refractivity contribution in [3.05, 3.63) is 35.9 Å². The van der Waals surface area contributed by atoms with Crippen LogP contribution in [0.3, 0.4) is 0 Å². The second kappa shape index (κ2) is 7.35. The number of likely N-dealkylation sites (tertiary alicyclic amines) is 1. The highest BCUT2D eigenvalue weighted by Gasteiger charge is 2.36. The fourth-order valence-corrected chi connectivity index (χ4v) is 3.03. The Morgan fingerprint density at radius 2 is 1.83 bits per heavy atom. The van der Waals surface area contributed by atoms with Crippen LogP contribution in [0.25, 0.3) is 0 Å². The zero-order valence-electron chi connectivity index (χ0n) is 14.5. The van der Waals surface area contributed by atoms with E-state index in [1.165, 1.54) is 5.56 Å². The molecular formula is C19H29NO3. The number of aliphatic hydroxyl groups is 1. The number of piperidine rings is 1. The summed E-state index contributed by atoms with van der Waals surface area (Å²) in [6.45, 7) is 7.14. The van der Waals surface area contributed by atoms with Gasteiger partial charge in [-0.25, -0.2) is 4.79 Å². The van der Waals surface area contributed by atoms with E-state index in [1.807, 2.05) is 39.0 Å². The molecule has 1 aliphatic heterocycles. The number of carbonyl (C=O) groups excluding carboxylic acids is 1. The molecule has 1 aromatic carbocycles. The van der Waals surface area contributed by atoms with E-state index in [-0.39, 0.29) is 18.1 Å². The van der Waals surface area contributed by atoms with Gasteiger partial charge in [-0.1, -0.05) is 30.3 Å². The topological polar surface area (TPSA) is 49.8 Å². The van der Waals surface area contributed by atoms with Gasteiger partial charge in [0.25, 0.3) is 0 Å². The van der Waals surface area contributed by atoms with Crippen molar-refractivity contribution in [1.29, 1.82) is 0 Å². The number of amides is 1. The highest BCUT2D eigenvalue weighted by Crippen LogP contribution is 2.36. The number of benzene rings is 1. The summed E-state index contributed by atoms with van der Waals surface area (Å²) in [7, 11) is 0. The summed E-state index contributed by atoms with van der Waals surface area (Å²) in [5.74, 6) is 0. The van der Waals surface area contributed by atoms with Crippen LogP contribution in [-0.2, 0) is 11.2 Å². The minimum atomic E-state index is -0.462. The standard InChI is InChI=1S/C19H29NO3/c1-18(2,3)23-17(22)20-13-11-19(15-21,12-14-20)10-9-16-7-5-4-6-8-16/h4-8,21H,9-15H2,1-3H3. The molecule has 1 N–H and O–H groups in total. The minimum absolute atomic E-state index is 0.0750. The lowest BCUT2D eigenvalue weighted by Gasteiger charge is -2.41. The highest BCUT2D eigenvalue weighted by atomic mass is 16.6. The summed E-state index contributed by atoms with van der Waals surface area (Å²) in [5.41, 5.74) is 0.763. The maximum absolute atomic E-state index is 12.1. The number of carbonyl (C=O) groups is 1. The molecule has 23 heavy (non-hydrogen) atoms. The van der Waals surface area contributed by atoms with Gasteiger partial charge in [-0.15, -0.1) is 0 Å². The van der Waals surface area contributed by atoms with Gasteiger partial charge in [0.1, 0.15) is 5.60 Å². The molecule has 0 unspecified atom stereocenters. The molecule has 0 saturated carbocycles. The summed E-state index contributed by atoms with van der Waals surface area (Å²) in [6, 6.07) is 10.4. The first-order valence-electron chi connectivity index (χ1n) is 8.46. The normalized spacial score (nSPS) is 17.8. The summed E-state index contributed by atoms with van der Waals surface area (Å²) >= 11 is 0. The Balaban J connectivity index is 1.88. The lowest BCUT2D eigenvalue weighted by molar-refractivity contribution is -0.00236. The van der Waals surface area contributed by atoms with Crippen LogP contribution in [0.15, 0.2) is 30.3 Å². The van der Waals surface area contributed by atoms with E-state index in [0.717, 1.165) is 25.7 Å². The number of rotatable bonds is 4. The summed E-state index contributed by atoms with van der Waals surface area (Å²) in [5, 5.41) is 9.90. The Bertz CT molecular complexity index is 499. The molecule has 0 spiro atoms. The van der Waals surface area contributed by atoms with Crippen LogP contribution in [0.5, 0.6) is 0 Å². The number of hydrogen-bond acceptors (Lipinski definition) is 3. The molecule has 1 saturated heterocycles. The average Bonchev–Trinajstić information content (AvgIpc) is 2.53. The molecule has 4 heteroatoms. The Kier molecular flexibility index (Phi) is 5.69. The smallest absolute Gasteiger partial charge is 0.410 e. The third kappa shape index (κ3) is 5.24. The molecule has 1 amide bonds. The molecule has 0 aromatic heterocycles. The van der Waals surface area contributed by atoms with Gasteiger partial charge in [0, 0.05) is 19.7 Å². The molecule has 2 rings (SSSR count). The number of nitrogens with zero attached hydrogens (tertiary/aromatic N) is 1. The Hall–Kier alpha value is -1.55. The fraction of sp³-hybridized carbons (Fsp3) is 0.632. The van der Waals surface area contributed by atoms with E-state index in [1.54, 1.807) is 4.90 Å². The summed E-state index contributed by atoms with van der Waals surface area (Å²) < 4.78 is 5.43. The van der Waals surface area contributed by atoms with Crippen LogP contribution in [0, 0.1) is 5.41 Å². The second-order valence-electron chi connectivity index (χ2n) is 7.61. The van der Waals surface area contributed by atoms with Crippen molar-refractivity contribution >= 4 is 6.09 Å². The van der Waals surface area contributed by atoms with E-state index < -0.39 is 5.60 Å². The number of ether oxygens (including phenoxy) is 1. The monoisotopic (exact) mass is 319 g/mol. The van der Waals surface area contributed by atoms with Crippen molar-refractivity contribution in [2.24, 2.45) is 5.41 Å². The van der Waals surface area contributed by atoms with Gasteiger partial charge in [0.05, 0.1) is 0 Å². The van der Waals surface area contributed by atoms with Gasteiger partial charge >= 0.3 is 6.09 Å². The zero-order valence-corrected chi connectivity index (χ0v) is 14.5. The van der Waals surface area contributed by atoms with Crippen LogP contribution in [0.4, 0.5) is 4.79 Å². The molecule has 1 heterocycles. The number of aryl methyl sites for hydroxylation is 1. The third-order valence-electron chi connectivity index (χ3n) is 4.60. The van der Waals surface area contributed by atoms with E-state index in [9.17, 15) is 9.90 Å². The van der Waals surface area contributed by atoms with Gasteiger partial charge in [-0.05, 0) is 57.4 Å². The lowest BCUT2D eigenvalue weighted by Crippen LogP contribution is -2.46. The predicted molar refractivity (Wildman–Crippen MR) is 91.3 cm³/mol. The first kappa shape index (κ1) is 17.8. The van der Waals surface area contributed by atoms with Crippen LogP contribution < -0.4 is 0 Å². The molecule has 0 atom stereocenters. The highest BCUT2D eigenvalue weighted by molar-refractivity contribution is 5.68. The molecule has 1 aliphatic rings. The first-order valence-corrected chi connectivity index (χ1v) is 8.46. The minimum Gasteiger partial charge on any atom is -0.444 e. The van der Waals surface area contributed by atoms with Crippen molar-refractivity contribution in [3.8, 4) is 0 Å². The van der Waals surface area contributed by atoms with Crippen LogP contribution in [-0.4, -0.2) is 41.4 Å². The molecule has 1 fully saturated rings. The summed E-state index contributed by atoms with van der Waals surface area (Å²) in [4.78, 5) is 13.9. The molecule has 0 aliphatic carbocycles. The van der Waals surface area contributed by atoms with Crippen LogP contribution in [0.2, 0.25) is 0 Å². The van der Waals surface area contributed by atoms with Crippen molar-refractivity contribution in [2.75, 3.05) is 19.7 Å². The maximum atomic E-state index is 12.1. The Morgan fingerprint density at radius 3 is 2.35 bits per heavy atom. The zero-order chi connectivity index (χ0) is 16.9. The van der Waals surface area contributed by atoms with Crippen molar-refractivity contribution in [3.63, 3.8) is 0 Å². The molecule has 128 valence electrons. The number of aliphatic hydroxyl groups excluding tert-OH is 1. The SMILES string of the molecule is CC(C)(C)OC(=O)N1CCC(CO)(CCc2ccccc2)CC1. The average molecular weight is 319 g/mol. The summed E-state index contributed by atoms with van der Waals surface area (Å²) in [6.07, 6.45) is 3.33. The largest absolute Gasteiger partial charge is 0.444 e. The van der Waals surface area contributed by atoms with E-state index in [2.05, 4.69) is 12.1 Å². The predicted octanol–water partition coefficient (Wildman–Crippen LogP) is 3.63. The van der Waals surface area contributed by atoms with Crippen LogP contribution in [0.1, 0.15) is 45.6 Å². The molecule has 4 nitrogen and oxygen atoms in total. The van der Waals surface area contributed by atoms with Gasteiger partial charge < -0.3 is 14.7 Å². The van der Waals surface area contributed by atoms with Gasteiger partial charge in [0.2, 0.25) is 0 Å². The van der Waals surface area contributed by atoms with Gasteiger partial charge in [-0.3, -0.25) is 0 Å². The van der Waals surface area contributed by atoms with Crippen molar-refractivity contribution < 1.29 is 14.6 Å².